The van der Waals surface area contributed by atoms with Crippen LogP contribution in [-0.4, -0.2) is 22.6 Å². The van der Waals surface area contributed by atoms with Gasteiger partial charge in [-0.05, 0) is 29.8 Å². The molecule has 2 heterocycles. The van der Waals surface area contributed by atoms with E-state index in [1.165, 1.54) is 6.08 Å². The number of aryl methyl sites for hydroxylation is 1. The van der Waals surface area contributed by atoms with E-state index in [1.807, 2.05) is 60.3 Å². The Labute approximate surface area is 146 Å². The van der Waals surface area contributed by atoms with Crippen molar-refractivity contribution in [1.82, 2.24) is 9.55 Å². The highest BCUT2D eigenvalue weighted by Crippen LogP contribution is 2.24. The van der Waals surface area contributed by atoms with Crippen molar-refractivity contribution in [3.8, 4) is 5.75 Å². The lowest BCUT2D eigenvalue weighted by molar-refractivity contribution is -0.111. The fourth-order valence-electron chi connectivity index (χ4n) is 2.62. The zero-order valence-electron chi connectivity index (χ0n) is 14.2. The van der Waals surface area contributed by atoms with Gasteiger partial charge in [0.2, 0.25) is 5.91 Å². The second kappa shape index (κ2) is 7.05. The molecule has 0 bridgehead atoms. The van der Waals surface area contributed by atoms with Crippen molar-refractivity contribution in [2.24, 2.45) is 7.05 Å². The lowest BCUT2D eigenvalue weighted by Gasteiger charge is -2.02. The van der Waals surface area contributed by atoms with Gasteiger partial charge in [0.15, 0.2) is 0 Å². The van der Waals surface area contributed by atoms with Crippen LogP contribution in [0.4, 0.5) is 5.69 Å². The van der Waals surface area contributed by atoms with Gasteiger partial charge in [-0.2, -0.15) is 0 Å². The normalized spacial score (nSPS) is 11.0. The van der Waals surface area contributed by atoms with Gasteiger partial charge in [0.05, 0.1) is 19.0 Å². The van der Waals surface area contributed by atoms with Gasteiger partial charge in [-0.15, -0.1) is 0 Å². The first-order valence-corrected chi connectivity index (χ1v) is 7.81. The van der Waals surface area contributed by atoms with E-state index in [9.17, 15) is 4.79 Å². The van der Waals surface area contributed by atoms with Gasteiger partial charge in [-0.1, -0.05) is 30.9 Å². The number of hydrogen-bond donors (Lipinski definition) is 1. The Morgan fingerprint density at radius 2 is 2.16 bits per heavy atom. The molecule has 0 aliphatic heterocycles. The summed E-state index contributed by atoms with van der Waals surface area (Å²) in [6, 6.07) is 9.75. The maximum absolute atomic E-state index is 11.5. The molecule has 5 heteroatoms. The number of fused-ring (bicyclic) bond motifs is 1. The van der Waals surface area contributed by atoms with Crippen LogP contribution in [0.15, 0.2) is 55.4 Å². The van der Waals surface area contributed by atoms with Crippen LogP contribution in [0.5, 0.6) is 5.75 Å². The second-order valence-corrected chi connectivity index (χ2v) is 5.59. The minimum absolute atomic E-state index is 0.259. The van der Waals surface area contributed by atoms with Gasteiger partial charge in [0.25, 0.3) is 0 Å². The van der Waals surface area contributed by atoms with Crippen molar-refractivity contribution < 1.29 is 9.53 Å². The van der Waals surface area contributed by atoms with Crippen LogP contribution in [0.1, 0.15) is 11.1 Å². The number of rotatable bonds is 5. The first kappa shape index (κ1) is 16.5. The summed E-state index contributed by atoms with van der Waals surface area (Å²) in [7, 11) is 3.60. The molecule has 25 heavy (non-hydrogen) atoms. The summed E-state index contributed by atoms with van der Waals surface area (Å²) in [4.78, 5) is 15.9. The molecule has 1 amide bonds. The molecule has 126 valence electrons. The average Bonchev–Trinajstić information content (AvgIpc) is 2.95. The quantitative estimate of drug-likeness (QED) is 0.721. The molecular weight excluding hydrogens is 314 g/mol. The smallest absolute Gasteiger partial charge is 0.247 e. The molecule has 1 N–H and O–H groups in total. The number of carbonyl (C=O) groups excluding carboxylic acids is 1. The maximum Gasteiger partial charge on any atom is 0.247 e. The number of anilines is 1. The van der Waals surface area contributed by atoms with E-state index in [2.05, 4.69) is 16.9 Å². The molecule has 0 saturated carbocycles. The highest BCUT2D eigenvalue weighted by molar-refractivity contribution is 6.00. The molecule has 0 fully saturated rings. The number of amides is 1. The summed E-state index contributed by atoms with van der Waals surface area (Å²) in [5.41, 5.74) is 3.55. The molecule has 3 aromatic rings. The first-order valence-electron chi connectivity index (χ1n) is 7.81. The third kappa shape index (κ3) is 3.61. The molecule has 1 aromatic carbocycles. The number of aromatic nitrogens is 2. The second-order valence-electron chi connectivity index (χ2n) is 5.59. The van der Waals surface area contributed by atoms with Crippen LogP contribution < -0.4 is 10.1 Å². The van der Waals surface area contributed by atoms with Crippen LogP contribution in [0.25, 0.3) is 23.2 Å². The number of hydrogen-bond acceptors (Lipinski definition) is 3. The van der Waals surface area contributed by atoms with Crippen LogP contribution in [0, 0.1) is 0 Å². The Balaban J connectivity index is 1.97. The number of nitrogens with zero attached hydrogens (tertiary/aromatic N) is 2. The number of nitrogens with one attached hydrogen (secondary N) is 1. The SMILES string of the molecule is C=CC(=O)Nc1cnc2c(c1)c(/C=C/c1cccc(OC)c1)cn2C. The number of methoxy groups -OCH3 is 1. The third-order valence-electron chi connectivity index (χ3n) is 3.85. The van der Waals surface area contributed by atoms with Gasteiger partial charge in [-0.25, -0.2) is 4.98 Å². The minimum Gasteiger partial charge on any atom is -0.497 e. The van der Waals surface area contributed by atoms with E-state index in [1.54, 1.807) is 13.3 Å². The molecule has 0 radical (unpaired) electrons. The highest BCUT2D eigenvalue weighted by atomic mass is 16.5. The van der Waals surface area contributed by atoms with Gasteiger partial charge >= 0.3 is 0 Å². The number of benzene rings is 1. The largest absolute Gasteiger partial charge is 0.497 e. The van der Waals surface area contributed by atoms with Crippen LogP contribution in [-0.2, 0) is 11.8 Å². The van der Waals surface area contributed by atoms with Crippen molar-refractivity contribution >= 4 is 34.8 Å². The monoisotopic (exact) mass is 333 g/mol. The highest BCUT2D eigenvalue weighted by Gasteiger charge is 2.08. The van der Waals surface area contributed by atoms with E-state index in [4.69, 9.17) is 4.74 Å². The predicted octanol–water partition coefficient (Wildman–Crippen LogP) is 3.88. The molecule has 0 unspecified atom stereocenters. The van der Waals surface area contributed by atoms with E-state index < -0.39 is 0 Å². The number of ether oxygens (including phenoxy) is 1. The van der Waals surface area contributed by atoms with Crippen molar-refractivity contribution in [3.05, 3.63) is 66.5 Å². The van der Waals surface area contributed by atoms with E-state index >= 15 is 0 Å². The Bertz CT molecular complexity index is 970. The fraction of sp³-hybridized carbons (Fsp3) is 0.100. The Kier molecular flexibility index (Phi) is 4.66. The summed E-state index contributed by atoms with van der Waals surface area (Å²) < 4.78 is 7.21. The van der Waals surface area contributed by atoms with Crippen molar-refractivity contribution in [1.29, 1.82) is 0 Å². The summed E-state index contributed by atoms with van der Waals surface area (Å²) in [5, 5.41) is 3.70. The summed E-state index contributed by atoms with van der Waals surface area (Å²) >= 11 is 0. The van der Waals surface area contributed by atoms with E-state index in [-0.39, 0.29) is 5.91 Å². The lowest BCUT2D eigenvalue weighted by atomic mass is 10.1. The topological polar surface area (TPSA) is 56.1 Å². The van der Waals surface area contributed by atoms with Crippen molar-refractivity contribution in [2.45, 2.75) is 0 Å². The number of carbonyl (C=O) groups is 1. The lowest BCUT2D eigenvalue weighted by Crippen LogP contribution is -2.07. The molecule has 2 aromatic heterocycles. The van der Waals surface area contributed by atoms with Gasteiger partial charge in [-0.3, -0.25) is 4.79 Å². The van der Waals surface area contributed by atoms with Crippen molar-refractivity contribution in [2.75, 3.05) is 12.4 Å². The maximum atomic E-state index is 11.5. The Hall–Kier alpha value is -3.34. The standard InChI is InChI=1S/C20H19N3O2/c1-4-19(24)22-16-11-18-15(13-23(2)20(18)21-12-16)9-8-14-6-5-7-17(10-14)25-3/h4-13H,1H2,2-3H3,(H,22,24)/b9-8+. The summed E-state index contributed by atoms with van der Waals surface area (Å²) in [6.45, 7) is 3.46. The molecule has 0 atom stereocenters. The summed E-state index contributed by atoms with van der Waals surface area (Å²) in [6.07, 6.45) is 8.93. The first-order chi connectivity index (χ1) is 12.1. The number of pyridine rings is 1. The van der Waals surface area contributed by atoms with Gasteiger partial charge < -0.3 is 14.6 Å². The minimum atomic E-state index is -0.259. The molecule has 5 nitrogen and oxygen atoms in total. The molecule has 0 aliphatic rings. The predicted molar refractivity (Wildman–Crippen MR) is 101 cm³/mol. The molecule has 0 spiro atoms. The van der Waals surface area contributed by atoms with Crippen LogP contribution in [0.3, 0.4) is 0 Å². The fourth-order valence-corrected chi connectivity index (χ4v) is 2.62. The van der Waals surface area contributed by atoms with E-state index in [0.29, 0.717) is 5.69 Å². The van der Waals surface area contributed by atoms with Gasteiger partial charge in [0, 0.05) is 24.2 Å². The molecule has 0 aliphatic carbocycles. The molecule has 0 saturated heterocycles. The zero-order chi connectivity index (χ0) is 17.8. The zero-order valence-corrected chi connectivity index (χ0v) is 14.2. The summed E-state index contributed by atoms with van der Waals surface area (Å²) in [5.74, 6) is 0.557. The average molecular weight is 333 g/mol. The van der Waals surface area contributed by atoms with E-state index in [0.717, 1.165) is 27.9 Å². The van der Waals surface area contributed by atoms with Gasteiger partial charge in [0.1, 0.15) is 11.4 Å². The molecular formula is C20H19N3O2. The van der Waals surface area contributed by atoms with Crippen LogP contribution in [0.2, 0.25) is 0 Å². The third-order valence-corrected chi connectivity index (χ3v) is 3.85. The Morgan fingerprint density at radius 3 is 2.92 bits per heavy atom. The molecule has 3 rings (SSSR count). The Morgan fingerprint density at radius 1 is 1.32 bits per heavy atom. The van der Waals surface area contributed by atoms with Crippen LogP contribution >= 0.6 is 0 Å². The van der Waals surface area contributed by atoms with Crippen molar-refractivity contribution in [3.63, 3.8) is 0 Å².